The second kappa shape index (κ2) is 3.76. The summed E-state index contributed by atoms with van der Waals surface area (Å²) in [5.41, 5.74) is 1.86. The van der Waals surface area contributed by atoms with Crippen LogP contribution in [0.1, 0.15) is 11.4 Å². The van der Waals surface area contributed by atoms with Crippen LogP contribution in [0.25, 0.3) is 0 Å². The molecule has 0 aliphatic carbocycles. The maximum atomic E-state index is 10.6. The van der Waals surface area contributed by atoms with Gasteiger partial charge in [-0.2, -0.15) is 0 Å². The van der Waals surface area contributed by atoms with Crippen molar-refractivity contribution in [3.8, 4) is 0 Å². The van der Waals surface area contributed by atoms with E-state index in [0.717, 1.165) is 11.4 Å². The van der Waals surface area contributed by atoms with E-state index in [1.54, 1.807) is 6.33 Å². The van der Waals surface area contributed by atoms with Crippen molar-refractivity contribution in [3.63, 3.8) is 0 Å². The maximum absolute atomic E-state index is 10.6. The van der Waals surface area contributed by atoms with Crippen LogP contribution in [0.3, 0.4) is 0 Å². The number of nitrogens with one attached hydrogen (secondary N) is 2. The van der Waals surface area contributed by atoms with E-state index in [1.807, 2.05) is 0 Å². The molecule has 72 valence electrons. The van der Waals surface area contributed by atoms with Crippen molar-refractivity contribution in [3.05, 3.63) is 17.7 Å². The van der Waals surface area contributed by atoms with Crippen molar-refractivity contribution in [2.45, 2.75) is 19.0 Å². The first-order valence-electron chi connectivity index (χ1n) is 3.74. The number of carboxylic acids is 1. The zero-order valence-electron chi connectivity index (χ0n) is 6.78. The normalized spacial score (nSPS) is 20.2. The number of rotatable bonds is 1. The van der Waals surface area contributed by atoms with Crippen molar-refractivity contribution < 1.29 is 9.90 Å². The van der Waals surface area contributed by atoms with Gasteiger partial charge >= 0.3 is 5.97 Å². The van der Waals surface area contributed by atoms with Crippen LogP contribution < -0.4 is 5.32 Å². The lowest BCUT2D eigenvalue weighted by molar-refractivity contribution is -0.139. The van der Waals surface area contributed by atoms with Gasteiger partial charge in [0, 0.05) is 13.0 Å². The van der Waals surface area contributed by atoms with Crippen molar-refractivity contribution in [2.24, 2.45) is 0 Å². The lowest BCUT2D eigenvalue weighted by Gasteiger charge is -2.18. The maximum Gasteiger partial charge on any atom is 0.321 e. The van der Waals surface area contributed by atoms with Gasteiger partial charge in [-0.05, 0) is 0 Å². The van der Waals surface area contributed by atoms with Crippen LogP contribution in [0, 0.1) is 0 Å². The highest BCUT2D eigenvalue weighted by Gasteiger charge is 2.24. The van der Waals surface area contributed by atoms with Crippen LogP contribution in [0.2, 0.25) is 0 Å². The minimum absolute atomic E-state index is 0. The smallest absolute Gasteiger partial charge is 0.321 e. The molecule has 13 heavy (non-hydrogen) atoms. The number of imidazole rings is 1. The number of H-pyrrole nitrogens is 1. The summed E-state index contributed by atoms with van der Waals surface area (Å²) in [7, 11) is 0. The first-order chi connectivity index (χ1) is 5.77. The zero-order chi connectivity index (χ0) is 8.55. The van der Waals surface area contributed by atoms with Gasteiger partial charge in [0.2, 0.25) is 0 Å². The molecule has 2 heterocycles. The monoisotopic (exact) mass is 203 g/mol. The van der Waals surface area contributed by atoms with E-state index in [9.17, 15) is 4.79 Å². The molecular formula is C7H10ClN3O2. The summed E-state index contributed by atoms with van der Waals surface area (Å²) in [6.07, 6.45) is 2.06. The summed E-state index contributed by atoms with van der Waals surface area (Å²) in [6, 6.07) is -0.485. The molecule has 1 aliphatic heterocycles. The Kier molecular flexibility index (Phi) is 2.90. The van der Waals surface area contributed by atoms with Gasteiger partial charge in [-0.3, -0.25) is 10.1 Å². The summed E-state index contributed by atoms with van der Waals surface area (Å²) in [4.78, 5) is 17.6. The Morgan fingerprint density at radius 2 is 2.46 bits per heavy atom. The summed E-state index contributed by atoms with van der Waals surface area (Å²) < 4.78 is 0. The quantitative estimate of drug-likeness (QED) is 0.597. The van der Waals surface area contributed by atoms with E-state index in [4.69, 9.17) is 5.11 Å². The number of carbonyl (C=O) groups is 1. The van der Waals surface area contributed by atoms with E-state index in [0.29, 0.717) is 13.0 Å². The van der Waals surface area contributed by atoms with Gasteiger partial charge in [0.05, 0.1) is 17.7 Å². The molecule has 0 saturated carbocycles. The van der Waals surface area contributed by atoms with Gasteiger partial charge in [0.25, 0.3) is 0 Å². The first kappa shape index (κ1) is 10.0. The highest BCUT2D eigenvalue weighted by atomic mass is 35.5. The Balaban J connectivity index is 0.000000845. The molecule has 0 bridgehead atoms. The predicted molar refractivity (Wildman–Crippen MR) is 47.8 cm³/mol. The molecule has 1 unspecified atom stereocenters. The molecule has 0 fully saturated rings. The molecule has 3 N–H and O–H groups in total. The first-order valence-corrected chi connectivity index (χ1v) is 3.74. The second-order valence-electron chi connectivity index (χ2n) is 2.80. The molecule has 6 heteroatoms. The summed E-state index contributed by atoms with van der Waals surface area (Å²) >= 11 is 0. The number of halogens is 1. The molecule has 1 aromatic rings. The lowest BCUT2D eigenvalue weighted by Crippen LogP contribution is -2.41. The second-order valence-corrected chi connectivity index (χ2v) is 2.80. The van der Waals surface area contributed by atoms with Crippen molar-refractivity contribution >= 4 is 18.4 Å². The van der Waals surface area contributed by atoms with Gasteiger partial charge < -0.3 is 10.1 Å². The number of carboxylic acid groups (broad SMARTS) is 1. The van der Waals surface area contributed by atoms with Gasteiger partial charge in [-0.1, -0.05) is 0 Å². The summed E-state index contributed by atoms with van der Waals surface area (Å²) in [5.74, 6) is -0.816. The Morgan fingerprint density at radius 3 is 3.15 bits per heavy atom. The van der Waals surface area contributed by atoms with Crippen molar-refractivity contribution in [2.75, 3.05) is 0 Å². The Hall–Kier alpha value is -1.07. The Morgan fingerprint density at radius 1 is 1.69 bits per heavy atom. The molecule has 5 nitrogen and oxygen atoms in total. The number of hydrogen-bond donors (Lipinski definition) is 3. The molecular weight excluding hydrogens is 194 g/mol. The number of hydrogen-bond acceptors (Lipinski definition) is 3. The summed E-state index contributed by atoms with van der Waals surface area (Å²) in [5, 5.41) is 11.6. The number of aliphatic carboxylic acids is 1. The van der Waals surface area contributed by atoms with Crippen LogP contribution in [-0.4, -0.2) is 27.1 Å². The fourth-order valence-electron chi connectivity index (χ4n) is 1.34. The third kappa shape index (κ3) is 1.81. The number of nitrogens with zero attached hydrogens (tertiary/aromatic N) is 1. The van der Waals surface area contributed by atoms with Crippen LogP contribution in [0.15, 0.2) is 6.33 Å². The van der Waals surface area contributed by atoms with E-state index < -0.39 is 12.0 Å². The number of fused-ring (bicyclic) bond motifs is 1. The highest BCUT2D eigenvalue weighted by Crippen LogP contribution is 2.11. The third-order valence-electron chi connectivity index (χ3n) is 2.03. The molecule has 2 rings (SSSR count). The summed E-state index contributed by atoms with van der Waals surface area (Å²) in [6.45, 7) is 0.562. The van der Waals surface area contributed by atoms with Gasteiger partial charge in [-0.25, -0.2) is 4.98 Å². The van der Waals surface area contributed by atoms with Crippen LogP contribution in [-0.2, 0) is 17.8 Å². The number of aromatic amines is 1. The van der Waals surface area contributed by atoms with E-state index >= 15 is 0 Å². The van der Waals surface area contributed by atoms with E-state index in [2.05, 4.69) is 15.3 Å². The SMILES string of the molecule is Cl.O=C(O)C1Cc2nc[nH]c2CN1. The van der Waals surface area contributed by atoms with Gasteiger partial charge in [0.15, 0.2) is 0 Å². The Labute approximate surface area is 81.0 Å². The largest absolute Gasteiger partial charge is 0.480 e. The lowest BCUT2D eigenvalue weighted by atomic mass is 10.1. The van der Waals surface area contributed by atoms with Crippen molar-refractivity contribution in [1.29, 1.82) is 0 Å². The average molecular weight is 204 g/mol. The fourth-order valence-corrected chi connectivity index (χ4v) is 1.34. The van der Waals surface area contributed by atoms with Gasteiger partial charge in [0.1, 0.15) is 6.04 Å². The van der Waals surface area contributed by atoms with Crippen LogP contribution in [0.5, 0.6) is 0 Å². The van der Waals surface area contributed by atoms with E-state index in [1.165, 1.54) is 0 Å². The molecule has 1 aliphatic rings. The standard InChI is InChI=1S/C7H9N3O2.ClH/c11-7(12)5-1-4-6(2-8-5)10-3-9-4;/h3,5,8H,1-2H2,(H,9,10)(H,11,12);1H. The molecule has 0 saturated heterocycles. The minimum Gasteiger partial charge on any atom is -0.480 e. The fraction of sp³-hybridized carbons (Fsp3) is 0.429. The molecule has 0 amide bonds. The van der Waals surface area contributed by atoms with Crippen molar-refractivity contribution in [1.82, 2.24) is 15.3 Å². The zero-order valence-corrected chi connectivity index (χ0v) is 7.60. The minimum atomic E-state index is -0.816. The van der Waals surface area contributed by atoms with E-state index in [-0.39, 0.29) is 12.4 Å². The van der Waals surface area contributed by atoms with Gasteiger partial charge in [-0.15, -0.1) is 12.4 Å². The Bertz CT molecular complexity index is 312. The number of aromatic nitrogens is 2. The molecule has 0 aromatic carbocycles. The molecule has 0 radical (unpaired) electrons. The third-order valence-corrected chi connectivity index (χ3v) is 2.03. The molecule has 0 spiro atoms. The highest BCUT2D eigenvalue weighted by molar-refractivity contribution is 5.85. The molecule has 1 aromatic heterocycles. The van der Waals surface area contributed by atoms with Crippen LogP contribution >= 0.6 is 12.4 Å². The predicted octanol–water partition coefficient (Wildman–Crippen LogP) is -0.0696. The average Bonchev–Trinajstić information content (AvgIpc) is 2.49. The molecule has 1 atom stereocenters. The topological polar surface area (TPSA) is 78.0 Å². The van der Waals surface area contributed by atoms with Crippen LogP contribution in [0.4, 0.5) is 0 Å².